The van der Waals surface area contributed by atoms with Crippen molar-refractivity contribution in [1.82, 2.24) is 0 Å². The van der Waals surface area contributed by atoms with Crippen molar-refractivity contribution in [1.29, 1.82) is 0 Å². The molecule has 0 aliphatic rings. The molecule has 2 nitrogen and oxygen atoms in total. The van der Waals surface area contributed by atoms with Gasteiger partial charge in [-0.15, -0.1) is 0 Å². The molecular weight excluding hydrogens is 241 g/mol. The summed E-state index contributed by atoms with van der Waals surface area (Å²) >= 11 is 9.04. The van der Waals surface area contributed by atoms with Gasteiger partial charge in [-0.1, -0.05) is 33.6 Å². The molecule has 0 heterocycles. The third-order valence-corrected chi connectivity index (χ3v) is 2.48. The van der Waals surface area contributed by atoms with Gasteiger partial charge in [0, 0.05) is 9.50 Å². The fraction of sp³-hybridized carbons (Fsp3) is 0.250. The van der Waals surface area contributed by atoms with Gasteiger partial charge in [-0.25, -0.2) is 0 Å². The molecule has 0 saturated carbocycles. The summed E-state index contributed by atoms with van der Waals surface area (Å²) in [7, 11) is 0. The van der Waals surface area contributed by atoms with Crippen LogP contribution >= 0.6 is 27.5 Å². The van der Waals surface area contributed by atoms with E-state index in [0.717, 1.165) is 10.0 Å². The number of aliphatic hydroxyl groups excluding tert-OH is 1. The van der Waals surface area contributed by atoms with E-state index in [-0.39, 0.29) is 12.6 Å². The maximum absolute atomic E-state index is 8.80. The minimum Gasteiger partial charge on any atom is -0.394 e. The van der Waals surface area contributed by atoms with Gasteiger partial charge in [0.05, 0.1) is 12.6 Å². The van der Waals surface area contributed by atoms with Crippen LogP contribution < -0.4 is 5.73 Å². The molecule has 1 unspecified atom stereocenters. The number of aliphatic hydroxyl groups is 1. The second kappa shape index (κ2) is 4.23. The maximum atomic E-state index is 8.80. The van der Waals surface area contributed by atoms with E-state index in [1.165, 1.54) is 0 Å². The van der Waals surface area contributed by atoms with Crippen molar-refractivity contribution in [2.75, 3.05) is 6.61 Å². The van der Waals surface area contributed by atoms with Crippen molar-refractivity contribution in [3.8, 4) is 0 Å². The summed E-state index contributed by atoms with van der Waals surface area (Å²) in [6, 6.07) is 4.95. The van der Waals surface area contributed by atoms with Gasteiger partial charge in [0.1, 0.15) is 0 Å². The zero-order valence-electron chi connectivity index (χ0n) is 6.30. The lowest BCUT2D eigenvalue weighted by Gasteiger charge is -2.10. The van der Waals surface area contributed by atoms with Gasteiger partial charge in [-0.2, -0.15) is 0 Å². The molecule has 1 atom stereocenters. The molecule has 0 amide bonds. The van der Waals surface area contributed by atoms with Crippen molar-refractivity contribution in [2.45, 2.75) is 6.04 Å². The van der Waals surface area contributed by atoms with Crippen LogP contribution in [-0.2, 0) is 0 Å². The van der Waals surface area contributed by atoms with Gasteiger partial charge in [0.2, 0.25) is 0 Å². The summed E-state index contributed by atoms with van der Waals surface area (Å²) in [5.74, 6) is 0. The maximum Gasteiger partial charge on any atom is 0.0624 e. The number of benzene rings is 1. The zero-order chi connectivity index (χ0) is 9.14. The van der Waals surface area contributed by atoms with E-state index in [1.807, 2.05) is 0 Å². The fourth-order valence-electron chi connectivity index (χ4n) is 0.901. The molecule has 1 rings (SSSR count). The van der Waals surface area contributed by atoms with E-state index in [0.29, 0.717) is 5.02 Å². The number of hydrogen-bond donors (Lipinski definition) is 2. The Morgan fingerprint density at radius 1 is 1.58 bits per heavy atom. The molecule has 0 bridgehead atoms. The van der Waals surface area contributed by atoms with E-state index >= 15 is 0 Å². The molecule has 0 aromatic heterocycles. The second-order valence-corrected chi connectivity index (χ2v) is 3.75. The highest BCUT2D eigenvalue weighted by Gasteiger charge is 2.08. The topological polar surface area (TPSA) is 46.2 Å². The van der Waals surface area contributed by atoms with E-state index in [2.05, 4.69) is 15.9 Å². The normalized spacial score (nSPS) is 13.0. The lowest BCUT2D eigenvalue weighted by atomic mass is 10.1. The van der Waals surface area contributed by atoms with E-state index in [1.54, 1.807) is 18.2 Å². The van der Waals surface area contributed by atoms with Gasteiger partial charge in [0.15, 0.2) is 0 Å². The summed E-state index contributed by atoms with van der Waals surface area (Å²) in [6.07, 6.45) is 0. The number of hydrogen-bond acceptors (Lipinski definition) is 2. The molecule has 12 heavy (non-hydrogen) atoms. The Morgan fingerprint density at radius 2 is 2.25 bits per heavy atom. The van der Waals surface area contributed by atoms with Crippen molar-refractivity contribution in [3.05, 3.63) is 33.3 Å². The molecule has 0 saturated heterocycles. The van der Waals surface area contributed by atoms with Crippen LogP contribution in [0.25, 0.3) is 0 Å². The highest BCUT2D eigenvalue weighted by Crippen LogP contribution is 2.25. The van der Waals surface area contributed by atoms with Gasteiger partial charge < -0.3 is 10.8 Å². The van der Waals surface area contributed by atoms with E-state index in [9.17, 15) is 0 Å². The van der Waals surface area contributed by atoms with E-state index in [4.69, 9.17) is 22.4 Å². The standard InChI is InChI=1S/C8H9BrClNO/c9-7-3-5(10)1-2-6(7)8(11)4-12/h1-3,8,12H,4,11H2. The van der Waals surface area contributed by atoms with Gasteiger partial charge in [0.25, 0.3) is 0 Å². The largest absolute Gasteiger partial charge is 0.394 e. The molecule has 0 aliphatic heterocycles. The predicted octanol–water partition coefficient (Wildman–Crippen LogP) is 2.09. The van der Waals surface area contributed by atoms with Crippen molar-refractivity contribution in [3.63, 3.8) is 0 Å². The van der Waals surface area contributed by atoms with Crippen LogP contribution in [0.1, 0.15) is 11.6 Å². The minimum atomic E-state index is -0.350. The first-order valence-corrected chi connectivity index (χ1v) is 4.63. The smallest absolute Gasteiger partial charge is 0.0624 e. The van der Waals surface area contributed by atoms with Crippen molar-refractivity contribution in [2.24, 2.45) is 5.73 Å². The summed E-state index contributed by atoms with van der Waals surface area (Å²) in [5, 5.41) is 9.45. The summed E-state index contributed by atoms with van der Waals surface area (Å²) in [5.41, 5.74) is 6.48. The van der Waals surface area contributed by atoms with Crippen LogP contribution in [-0.4, -0.2) is 11.7 Å². The Kier molecular flexibility index (Phi) is 3.53. The van der Waals surface area contributed by atoms with Crippen LogP contribution in [0.5, 0.6) is 0 Å². The fourth-order valence-corrected chi connectivity index (χ4v) is 1.88. The third kappa shape index (κ3) is 2.20. The SMILES string of the molecule is NC(CO)c1ccc(Cl)cc1Br. The summed E-state index contributed by atoms with van der Waals surface area (Å²) in [6.45, 7) is -0.0692. The highest BCUT2D eigenvalue weighted by atomic mass is 79.9. The predicted molar refractivity (Wildman–Crippen MR) is 53.2 cm³/mol. The van der Waals surface area contributed by atoms with Crippen LogP contribution in [0.2, 0.25) is 5.02 Å². The summed E-state index contributed by atoms with van der Waals surface area (Å²) in [4.78, 5) is 0. The molecule has 3 N–H and O–H groups in total. The van der Waals surface area contributed by atoms with Crippen LogP contribution in [0.15, 0.2) is 22.7 Å². The number of nitrogens with two attached hydrogens (primary N) is 1. The first kappa shape index (κ1) is 9.99. The summed E-state index contributed by atoms with van der Waals surface area (Å²) < 4.78 is 0.830. The van der Waals surface area contributed by atoms with E-state index < -0.39 is 0 Å². The first-order chi connectivity index (χ1) is 5.65. The molecular formula is C8H9BrClNO. The average molecular weight is 251 g/mol. The Morgan fingerprint density at radius 3 is 2.75 bits per heavy atom. The average Bonchev–Trinajstić information content (AvgIpc) is 2.03. The molecule has 1 aromatic rings. The zero-order valence-corrected chi connectivity index (χ0v) is 8.64. The Hall–Kier alpha value is -0.0900. The molecule has 66 valence electrons. The van der Waals surface area contributed by atoms with Crippen LogP contribution in [0, 0.1) is 0 Å². The quantitative estimate of drug-likeness (QED) is 0.844. The van der Waals surface area contributed by atoms with Gasteiger partial charge in [-0.05, 0) is 17.7 Å². The number of halogens is 2. The lowest BCUT2D eigenvalue weighted by molar-refractivity contribution is 0.267. The molecule has 0 fully saturated rings. The van der Waals surface area contributed by atoms with Gasteiger partial charge in [-0.3, -0.25) is 0 Å². The molecule has 0 radical (unpaired) electrons. The van der Waals surface area contributed by atoms with Gasteiger partial charge >= 0.3 is 0 Å². The van der Waals surface area contributed by atoms with Crippen molar-refractivity contribution >= 4 is 27.5 Å². The highest BCUT2D eigenvalue weighted by molar-refractivity contribution is 9.10. The minimum absolute atomic E-state index is 0.0692. The lowest BCUT2D eigenvalue weighted by Crippen LogP contribution is -2.14. The second-order valence-electron chi connectivity index (χ2n) is 2.45. The van der Waals surface area contributed by atoms with Crippen LogP contribution in [0.4, 0.5) is 0 Å². The third-order valence-electron chi connectivity index (χ3n) is 1.56. The van der Waals surface area contributed by atoms with Crippen LogP contribution in [0.3, 0.4) is 0 Å². The Labute approximate surface area is 84.5 Å². The molecule has 1 aromatic carbocycles. The van der Waals surface area contributed by atoms with Crippen molar-refractivity contribution < 1.29 is 5.11 Å². The number of rotatable bonds is 2. The Balaban J connectivity index is 3.01. The molecule has 0 aliphatic carbocycles. The first-order valence-electron chi connectivity index (χ1n) is 3.46. The molecule has 4 heteroatoms. The monoisotopic (exact) mass is 249 g/mol. The Bertz CT molecular complexity index is 280. The molecule has 0 spiro atoms.